The van der Waals surface area contributed by atoms with Gasteiger partial charge in [-0.2, -0.15) is 0 Å². The second kappa shape index (κ2) is 16.3. The molecule has 9 N–H and O–H groups in total. The van der Waals surface area contributed by atoms with E-state index in [1.54, 1.807) is 30.9 Å². The van der Waals surface area contributed by atoms with Crippen LogP contribution in [0.15, 0.2) is 60.9 Å². The van der Waals surface area contributed by atoms with Gasteiger partial charge in [0.1, 0.15) is 23.8 Å². The Hall–Kier alpha value is -6.11. The number of aromatic nitrogens is 2. The van der Waals surface area contributed by atoms with E-state index in [4.69, 9.17) is 20.3 Å². The number of carboxylic acid groups (broad SMARTS) is 2. The number of nitrogens with one attached hydrogen (secondary N) is 3. The van der Waals surface area contributed by atoms with Gasteiger partial charge in [0.25, 0.3) is 5.91 Å². The third-order valence-corrected chi connectivity index (χ3v) is 7.24. The van der Waals surface area contributed by atoms with Crippen LogP contribution >= 0.6 is 0 Å². The zero-order valence-corrected chi connectivity index (χ0v) is 26.8. The van der Waals surface area contributed by atoms with Gasteiger partial charge in [0, 0.05) is 47.8 Å². The van der Waals surface area contributed by atoms with Crippen LogP contribution < -0.4 is 36.1 Å². The highest BCUT2D eigenvalue weighted by Gasteiger charge is 2.31. The summed E-state index contributed by atoms with van der Waals surface area (Å²) in [6, 6.07) is 7.03. The third kappa shape index (κ3) is 9.28. The number of rotatable bonds is 14. The van der Waals surface area contributed by atoms with E-state index in [0.717, 1.165) is 6.07 Å². The van der Waals surface area contributed by atoms with Crippen LogP contribution in [0.5, 0.6) is 17.2 Å². The predicted octanol–water partition coefficient (Wildman–Crippen LogP) is 1.13. The molecule has 2 heterocycles. The fraction of sp³-hybridized carbons (Fsp3) is 0.281. The maximum absolute atomic E-state index is 12.9. The molecule has 0 saturated carbocycles. The van der Waals surface area contributed by atoms with Gasteiger partial charge in [-0.3, -0.25) is 25.6 Å². The lowest BCUT2D eigenvalue weighted by Gasteiger charge is -2.37. The number of aliphatic carboxylic acids is 2. The number of carbonyl (C=O) groups is 5. The Morgan fingerprint density at radius 1 is 1.02 bits per heavy atom. The molecule has 0 fully saturated rings. The molecule has 0 spiro atoms. The molecule has 0 aliphatic carbocycles. The third-order valence-electron chi connectivity index (χ3n) is 7.24. The second-order valence-corrected chi connectivity index (χ2v) is 11.1. The summed E-state index contributed by atoms with van der Waals surface area (Å²) in [7, 11) is 0. The summed E-state index contributed by atoms with van der Waals surface area (Å²) in [6.07, 6.45) is 1.49. The summed E-state index contributed by atoms with van der Waals surface area (Å²) in [6.45, 7) is 3.49. The van der Waals surface area contributed by atoms with Crippen LogP contribution in [-0.4, -0.2) is 79.2 Å². The molecule has 4 rings (SSSR count). The van der Waals surface area contributed by atoms with Crippen molar-refractivity contribution in [3.05, 3.63) is 77.8 Å². The number of hydrogen-bond donors (Lipinski definition) is 8. The van der Waals surface area contributed by atoms with Crippen molar-refractivity contribution in [1.82, 2.24) is 20.6 Å². The minimum atomic E-state index is -1.46. The average molecular weight is 694 g/mol. The van der Waals surface area contributed by atoms with E-state index in [0.29, 0.717) is 29.4 Å². The van der Waals surface area contributed by atoms with Gasteiger partial charge < -0.3 is 45.4 Å². The summed E-state index contributed by atoms with van der Waals surface area (Å²) < 4.78 is 10.5. The molecule has 2 aromatic carbocycles. The molecule has 1 amide bonds. The number of anilines is 2. The van der Waals surface area contributed by atoms with E-state index in [9.17, 15) is 39.3 Å². The smallest absolute Gasteiger partial charge is 0.336 e. The molecule has 3 unspecified atom stereocenters. The highest BCUT2D eigenvalue weighted by molar-refractivity contribution is 5.97. The van der Waals surface area contributed by atoms with Crippen molar-refractivity contribution < 1.29 is 53.9 Å². The number of esters is 2. The quantitative estimate of drug-likeness (QED) is 0.0667. The number of phenols is 1. The van der Waals surface area contributed by atoms with Crippen molar-refractivity contribution in [3.63, 3.8) is 0 Å². The summed E-state index contributed by atoms with van der Waals surface area (Å²) in [4.78, 5) is 70.4. The Kier molecular flexibility index (Phi) is 12.0. The summed E-state index contributed by atoms with van der Waals surface area (Å²) in [5.74, 6) is -6.40. The fourth-order valence-electron chi connectivity index (χ4n) is 4.83. The molecule has 50 heavy (non-hydrogen) atoms. The van der Waals surface area contributed by atoms with Crippen molar-refractivity contribution in [2.24, 2.45) is 5.73 Å². The van der Waals surface area contributed by atoms with E-state index in [-0.39, 0.29) is 35.7 Å². The van der Waals surface area contributed by atoms with Gasteiger partial charge in [0.15, 0.2) is 23.5 Å². The highest BCUT2D eigenvalue weighted by atomic mass is 16.6. The molecule has 264 valence electrons. The van der Waals surface area contributed by atoms with Crippen molar-refractivity contribution in [2.45, 2.75) is 51.2 Å². The zero-order valence-electron chi connectivity index (χ0n) is 26.8. The Morgan fingerprint density at radius 2 is 1.72 bits per heavy atom. The predicted molar refractivity (Wildman–Crippen MR) is 174 cm³/mol. The number of benzene rings is 2. The summed E-state index contributed by atoms with van der Waals surface area (Å²) in [5, 5.41) is 47.2. The molecule has 3 atom stereocenters. The minimum Gasteiger partial charge on any atom is -0.504 e. The van der Waals surface area contributed by atoms with Gasteiger partial charge in [0.05, 0.1) is 6.67 Å². The Bertz CT molecular complexity index is 1780. The first-order chi connectivity index (χ1) is 23.7. The number of aromatic hydroxyl groups is 1. The standard InChI is InChI=1S/C32H35N7O11/c1-16(2)25-21(9-8-20(40)27(25)50-24(44)12-10-22(41)42)49-23(43)11-7-19(31(47)48)37-29(45)17-3-5-18(6-4-17)36-15-39-28-26(34-13-14-35-28)30(46)38-32(39)33/h3-6,8-10,12-14,16,19,30,32,36,38,40,46H,7,11,15,33H2,1-2H3,(H,37,45)(H,41,42)(H,47,48)/b12-10+. The lowest BCUT2D eigenvalue weighted by Crippen LogP contribution is -2.58. The van der Waals surface area contributed by atoms with Crippen LogP contribution in [0.4, 0.5) is 11.5 Å². The van der Waals surface area contributed by atoms with Gasteiger partial charge in [-0.1, -0.05) is 13.8 Å². The number of aliphatic hydroxyl groups excluding tert-OH is 1. The number of carboxylic acids is 2. The van der Waals surface area contributed by atoms with Gasteiger partial charge in [-0.05, 0) is 48.7 Å². The highest BCUT2D eigenvalue weighted by Crippen LogP contribution is 2.42. The molecule has 1 aliphatic heterocycles. The molecule has 18 heteroatoms. The van der Waals surface area contributed by atoms with E-state index in [1.807, 2.05) is 0 Å². The number of carbonyl (C=O) groups excluding carboxylic acids is 3. The maximum atomic E-state index is 12.9. The molecule has 1 aromatic heterocycles. The number of amides is 1. The first-order valence-electron chi connectivity index (χ1n) is 15.1. The molecule has 18 nitrogen and oxygen atoms in total. The SMILES string of the molecule is CC(C)c1c(OC(=O)CCC(NC(=O)c2ccc(NCN3c4nccnc4C(O)NC3N)cc2)C(=O)O)ccc(O)c1OC(=O)/C=C/C(=O)O. The normalized spacial score (nSPS) is 16.0. The van der Waals surface area contributed by atoms with Crippen LogP contribution in [0.3, 0.4) is 0 Å². The second-order valence-electron chi connectivity index (χ2n) is 11.1. The maximum Gasteiger partial charge on any atom is 0.336 e. The van der Waals surface area contributed by atoms with E-state index >= 15 is 0 Å². The van der Waals surface area contributed by atoms with Crippen molar-refractivity contribution in [1.29, 1.82) is 0 Å². The number of hydrogen-bond acceptors (Lipinski definition) is 15. The number of aliphatic hydroxyl groups is 1. The van der Waals surface area contributed by atoms with Gasteiger partial charge in [-0.15, -0.1) is 0 Å². The Morgan fingerprint density at radius 3 is 2.38 bits per heavy atom. The van der Waals surface area contributed by atoms with Crippen LogP contribution in [-0.2, 0) is 19.2 Å². The first kappa shape index (κ1) is 36.7. The molecule has 0 radical (unpaired) electrons. The van der Waals surface area contributed by atoms with Gasteiger partial charge >= 0.3 is 23.9 Å². The van der Waals surface area contributed by atoms with E-state index in [2.05, 4.69) is 25.9 Å². The number of nitrogens with two attached hydrogens (primary N) is 1. The number of ether oxygens (including phenoxy) is 2. The van der Waals surface area contributed by atoms with Gasteiger partial charge in [0.2, 0.25) is 0 Å². The van der Waals surface area contributed by atoms with Crippen molar-refractivity contribution >= 4 is 41.3 Å². The minimum absolute atomic E-state index is 0.0781. The van der Waals surface area contributed by atoms with Crippen LogP contribution in [0.1, 0.15) is 60.5 Å². The van der Waals surface area contributed by atoms with Crippen molar-refractivity contribution in [3.8, 4) is 17.2 Å². The van der Waals surface area contributed by atoms with E-state index < -0.39 is 66.4 Å². The Balaban J connectivity index is 1.35. The van der Waals surface area contributed by atoms with Gasteiger partial charge in [-0.25, -0.2) is 19.4 Å². The lowest BCUT2D eigenvalue weighted by molar-refractivity contribution is -0.140. The summed E-state index contributed by atoms with van der Waals surface area (Å²) in [5.41, 5.74) is 7.28. The number of phenolic OH excluding ortho intramolecular Hbond substituents is 1. The number of nitrogens with zero attached hydrogens (tertiary/aromatic N) is 3. The zero-order chi connectivity index (χ0) is 36.5. The van der Waals surface area contributed by atoms with Crippen LogP contribution in [0.2, 0.25) is 0 Å². The van der Waals surface area contributed by atoms with Crippen molar-refractivity contribution in [2.75, 3.05) is 16.9 Å². The fourth-order valence-corrected chi connectivity index (χ4v) is 4.83. The summed E-state index contributed by atoms with van der Waals surface area (Å²) >= 11 is 0. The first-order valence-corrected chi connectivity index (χ1v) is 15.1. The van der Waals surface area contributed by atoms with Crippen LogP contribution in [0.25, 0.3) is 0 Å². The van der Waals surface area contributed by atoms with Crippen LogP contribution in [0, 0.1) is 0 Å². The monoisotopic (exact) mass is 693 g/mol. The topological polar surface area (TPSA) is 276 Å². The molecule has 3 aromatic rings. The van der Waals surface area contributed by atoms with E-state index in [1.165, 1.54) is 30.6 Å². The lowest BCUT2D eigenvalue weighted by atomic mass is 10.00. The molecular formula is C32H35N7O11. The molecule has 0 saturated heterocycles. The largest absolute Gasteiger partial charge is 0.504 e. The average Bonchev–Trinajstić information content (AvgIpc) is 3.07. The molecular weight excluding hydrogens is 658 g/mol. The molecule has 0 bridgehead atoms. The molecule has 1 aliphatic rings. The Labute approximate surface area is 284 Å². The number of fused-ring (bicyclic) bond motifs is 1.